The van der Waals surface area contributed by atoms with Crippen LogP contribution >= 0.6 is 0 Å². The Kier molecular flexibility index (Phi) is 7.17. The third kappa shape index (κ3) is 5.56. The molecule has 0 fully saturated rings. The maximum Gasteiger partial charge on any atom is 0.248 e. The molecule has 1 N–H and O–H groups in total. The normalized spacial score (nSPS) is 12.1. The van der Waals surface area contributed by atoms with Crippen molar-refractivity contribution < 1.29 is 22.3 Å². The minimum atomic E-state index is -3.79. The first-order chi connectivity index (χ1) is 13.3. The van der Waals surface area contributed by atoms with E-state index in [0.29, 0.717) is 18.0 Å². The first-order valence-corrected chi connectivity index (χ1v) is 10.5. The fourth-order valence-corrected chi connectivity index (χ4v) is 3.90. The quantitative estimate of drug-likeness (QED) is 0.646. The van der Waals surface area contributed by atoms with Crippen LogP contribution in [0.4, 0.5) is 15.8 Å². The van der Waals surface area contributed by atoms with Gasteiger partial charge in [-0.2, -0.15) is 0 Å². The molecule has 0 aromatic heterocycles. The van der Waals surface area contributed by atoms with Crippen LogP contribution < -0.4 is 14.4 Å². The molecule has 8 heteroatoms. The molecule has 0 unspecified atom stereocenters. The number of sulfonamides is 1. The summed E-state index contributed by atoms with van der Waals surface area (Å²) in [4.78, 5) is 12.8. The Balaban J connectivity index is 2.29. The van der Waals surface area contributed by atoms with E-state index in [2.05, 4.69) is 11.9 Å². The van der Waals surface area contributed by atoms with Crippen molar-refractivity contribution in [2.45, 2.75) is 19.4 Å². The van der Waals surface area contributed by atoms with Crippen LogP contribution in [0.15, 0.2) is 61.2 Å². The summed E-state index contributed by atoms with van der Waals surface area (Å²) >= 11 is 0. The molecule has 0 aliphatic carbocycles. The Morgan fingerprint density at radius 3 is 2.54 bits per heavy atom. The Labute approximate surface area is 164 Å². The summed E-state index contributed by atoms with van der Waals surface area (Å²) in [6, 6.07) is 10.7. The van der Waals surface area contributed by atoms with Crippen LogP contribution in [0.5, 0.6) is 5.75 Å². The highest BCUT2D eigenvalue weighted by atomic mass is 32.2. The number of amides is 1. The molecule has 0 aliphatic heterocycles. The molecular weight excluding hydrogens is 383 g/mol. The van der Waals surface area contributed by atoms with E-state index in [1.165, 1.54) is 12.1 Å². The lowest BCUT2D eigenvalue weighted by Gasteiger charge is -2.30. The zero-order chi connectivity index (χ0) is 20.7. The molecule has 0 aliphatic rings. The standard InChI is InChI=1S/C20H23FN2O4S/c1-4-13-27-18-8-6-7-16(14-18)22-20(24)19(5-2)23(28(3,25)26)17-11-9-15(21)10-12-17/h4,6-12,14,19H,1,5,13H2,2-3H3,(H,22,24)/t19-/m0/s1. The molecule has 0 radical (unpaired) electrons. The van der Waals surface area contributed by atoms with Gasteiger partial charge in [0.25, 0.3) is 0 Å². The second-order valence-corrected chi connectivity index (χ2v) is 7.94. The van der Waals surface area contributed by atoms with Gasteiger partial charge in [0.1, 0.15) is 24.2 Å². The Morgan fingerprint density at radius 2 is 1.96 bits per heavy atom. The SMILES string of the molecule is C=CCOc1cccc(NC(=O)[C@H](CC)N(c2ccc(F)cc2)S(C)(=O)=O)c1. The van der Waals surface area contributed by atoms with Gasteiger partial charge in [-0.3, -0.25) is 9.10 Å². The molecule has 28 heavy (non-hydrogen) atoms. The number of hydrogen-bond acceptors (Lipinski definition) is 4. The number of ether oxygens (including phenoxy) is 1. The van der Waals surface area contributed by atoms with Crippen LogP contribution in [-0.2, 0) is 14.8 Å². The number of benzene rings is 2. The summed E-state index contributed by atoms with van der Waals surface area (Å²) in [7, 11) is -3.79. The van der Waals surface area contributed by atoms with Crippen LogP contribution in [-0.4, -0.2) is 33.2 Å². The minimum absolute atomic E-state index is 0.217. The largest absolute Gasteiger partial charge is 0.489 e. The summed E-state index contributed by atoms with van der Waals surface area (Å²) in [6.07, 6.45) is 2.84. The van der Waals surface area contributed by atoms with Crippen molar-refractivity contribution in [2.24, 2.45) is 0 Å². The summed E-state index contributed by atoms with van der Waals surface area (Å²) in [6.45, 7) is 5.60. The zero-order valence-electron chi connectivity index (χ0n) is 15.8. The van der Waals surface area contributed by atoms with Crippen LogP contribution in [0, 0.1) is 5.82 Å². The number of carbonyl (C=O) groups excluding carboxylic acids is 1. The lowest BCUT2D eigenvalue weighted by molar-refractivity contribution is -0.117. The Hall–Kier alpha value is -2.87. The van der Waals surface area contributed by atoms with E-state index in [1.54, 1.807) is 37.3 Å². The predicted molar refractivity (Wildman–Crippen MR) is 109 cm³/mol. The van der Waals surface area contributed by atoms with Gasteiger partial charge in [0.05, 0.1) is 11.9 Å². The molecule has 1 atom stereocenters. The van der Waals surface area contributed by atoms with Crippen molar-refractivity contribution in [3.05, 3.63) is 67.0 Å². The number of halogens is 1. The van der Waals surface area contributed by atoms with Crippen molar-refractivity contribution in [1.29, 1.82) is 0 Å². The molecule has 6 nitrogen and oxygen atoms in total. The van der Waals surface area contributed by atoms with Crippen LogP contribution in [0.2, 0.25) is 0 Å². The van der Waals surface area contributed by atoms with E-state index < -0.39 is 27.8 Å². The topological polar surface area (TPSA) is 75.7 Å². The number of nitrogens with zero attached hydrogens (tertiary/aromatic N) is 1. The third-order valence-electron chi connectivity index (χ3n) is 3.88. The number of carbonyl (C=O) groups is 1. The molecule has 0 spiro atoms. The monoisotopic (exact) mass is 406 g/mol. The molecule has 2 aromatic carbocycles. The fourth-order valence-electron chi connectivity index (χ4n) is 2.69. The van der Waals surface area contributed by atoms with Crippen molar-refractivity contribution in [1.82, 2.24) is 0 Å². The first kappa shape index (κ1) is 21.4. The summed E-state index contributed by atoms with van der Waals surface area (Å²) in [5.41, 5.74) is 0.687. The Morgan fingerprint density at radius 1 is 1.29 bits per heavy atom. The van der Waals surface area contributed by atoms with E-state index in [-0.39, 0.29) is 12.1 Å². The first-order valence-electron chi connectivity index (χ1n) is 8.66. The van der Waals surface area contributed by atoms with Gasteiger partial charge in [0, 0.05) is 11.8 Å². The predicted octanol–water partition coefficient (Wildman–Crippen LogP) is 3.57. The van der Waals surface area contributed by atoms with Crippen molar-refractivity contribution >= 4 is 27.3 Å². The van der Waals surface area contributed by atoms with E-state index in [4.69, 9.17) is 4.74 Å². The van der Waals surface area contributed by atoms with Gasteiger partial charge in [0.15, 0.2) is 0 Å². The van der Waals surface area contributed by atoms with Crippen LogP contribution in [0.25, 0.3) is 0 Å². The van der Waals surface area contributed by atoms with E-state index in [9.17, 15) is 17.6 Å². The maximum atomic E-state index is 13.2. The molecule has 0 saturated heterocycles. The van der Waals surface area contributed by atoms with Gasteiger partial charge in [-0.1, -0.05) is 25.6 Å². The zero-order valence-corrected chi connectivity index (χ0v) is 16.6. The molecule has 1 amide bonds. The van der Waals surface area contributed by atoms with E-state index in [1.807, 2.05) is 0 Å². The fraction of sp³-hybridized carbons (Fsp3) is 0.250. The number of rotatable bonds is 9. The highest BCUT2D eigenvalue weighted by molar-refractivity contribution is 7.92. The van der Waals surface area contributed by atoms with Gasteiger partial charge in [-0.05, 0) is 42.8 Å². The Bertz CT molecular complexity index is 929. The molecule has 0 saturated carbocycles. The minimum Gasteiger partial charge on any atom is -0.489 e. The summed E-state index contributed by atoms with van der Waals surface area (Å²) in [5.74, 6) is -0.451. The van der Waals surface area contributed by atoms with Crippen LogP contribution in [0.1, 0.15) is 13.3 Å². The molecule has 0 heterocycles. The highest BCUT2D eigenvalue weighted by Gasteiger charge is 2.31. The average molecular weight is 406 g/mol. The number of hydrogen-bond donors (Lipinski definition) is 1. The summed E-state index contributed by atoms with van der Waals surface area (Å²) < 4.78 is 44.4. The van der Waals surface area contributed by atoms with E-state index >= 15 is 0 Å². The summed E-state index contributed by atoms with van der Waals surface area (Å²) in [5, 5.41) is 2.72. The highest BCUT2D eigenvalue weighted by Crippen LogP contribution is 2.24. The average Bonchev–Trinajstić information content (AvgIpc) is 2.64. The second kappa shape index (κ2) is 9.36. The van der Waals surface area contributed by atoms with Gasteiger partial charge < -0.3 is 10.1 Å². The molecule has 2 rings (SSSR count). The third-order valence-corrected chi connectivity index (χ3v) is 5.06. The maximum absolute atomic E-state index is 13.2. The van der Waals surface area contributed by atoms with Gasteiger partial charge in [-0.15, -0.1) is 0 Å². The smallest absolute Gasteiger partial charge is 0.248 e. The van der Waals surface area contributed by atoms with Gasteiger partial charge in [-0.25, -0.2) is 12.8 Å². The van der Waals surface area contributed by atoms with Gasteiger partial charge in [0.2, 0.25) is 15.9 Å². The van der Waals surface area contributed by atoms with E-state index in [0.717, 1.165) is 22.7 Å². The molecular formula is C20H23FN2O4S. The lowest BCUT2D eigenvalue weighted by atomic mass is 10.1. The van der Waals surface area contributed by atoms with Crippen molar-refractivity contribution in [3.8, 4) is 5.75 Å². The lowest BCUT2D eigenvalue weighted by Crippen LogP contribution is -2.47. The van der Waals surface area contributed by atoms with Crippen molar-refractivity contribution in [3.63, 3.8) is 0 Å². The number of anilines is 2. The second-order valence-electron chi connectivity index (χ2n) is 6.08. The molecule has 0 bridgehead atoms. The molecule has 150 valence electrons. The molecule has 2 aromatic rings. The van der Waals surface area contributed by atoms with Gasteiger partial charge >= 0.3 is 0 Å². The number of nitrogens with one attached hydrogen (secondary N) is 1. The van der Waals surface area contributed by atoms with Crippen molar-refractivity contribution in [2.75, 3.05) is 22.5 Å². The van der Waals surface area contributed by atoms with Crippen LogP contribution in [0.3, 0.4) is 0 Å².